The highest BCUT2D eigenvalue weighted by Crippen LogP contribution is 2.21. The fourth-order valence-corrected chi connectivity index (χ4v) is 1.90. The summed E-state index contributed by atoms with van der Waals surface area (Å²) in [6.45, 7) is 8.06. The minimum atomic E-state index is -5.08. The van der Waals surface area contributed by atoms with E-state index in [2.05, 4.69) is 29.8 Å². The molecule has 2 heterocycles. The molecule has 0 radical (unpaired) electrons. The molecule has 1 aliphatic heterocycles. The van der Waals surface area contributed by atoms with Crippen molar-refractivity contribution in [3.63, 3.8) is 0 Å². The lowest BCUT2D eigenvalue weighted by Crippen LogP contribution is -2.52. The molecule has 1 aromatic heterocycles. The summed E-state index contributed by atoms with van der Waals surface area (Å²) in [7, 11) is 0. The van der Waals surface area contributed by atoms with Crippen molar-refractivity contribution in [1.82, 2.24) is 9.88 Å². The molecule has 1 aromatic rings. The number of aromatic nitrogens is 1. The van der Waals surface area contributed by atoms with Crippen molar-refractivity contribution in [3.8, 4) is 0 Å². The maximum Gasteiger partial charge on any atom is 0.490 e. The third-order valence-corrected chi connectivity index (χ3v) is 3.16. The average molecular weight is 320 g/mol. The van der Waals surface area contributed by atoms with Crippen LogP contribution in [0.15, 0.2) is 24.5 Å². The molecule has 0 bridgehead atoms. The number of carboxylic acid groups (broad SMARTS) is 1. The van der Waals surface area contributed by atoms with Crippen molar-refractivity contribution in [3.05, 3.63) is 30.1 Å². The van der Waals surface area contributed by atoms with Crippen LogP contribution in [0.1, 0.15) is 19.4 Å². The average Bonchev–Trinajstić information content (AvgIpc) is 2.42. The van der Waals surface area contributed by atoms with Crippen LogP contribution >= 0.6 is 0 Å². The fraction of sp³-hybridized carbons (Fsp3) is 0.571. The van der Waals surface area contributed by atoms with Gasteiger partial charge in [-0.05, 0) is 25.5 Å². The van der Waals surface area contributed by atoms with E-state index < -0.39 is 12.1 Å². The van der Waals surface area contributed by atoms with Crippen LogP contribution < -0.4 is 0 Å². The minimum Gasteiger partial charge on any atom is -0.475 e. The van der Waals surface area contributed by atoms with E-state index in [4.69, 9.17) is 14.6 Å². The summed E-state index contributed by atoms with van der Waals surface area (Å²) in [5, 5.41) is 7.12. The third-order valence-electron chi connectivity index (χ3n) is 3.16. The predicted molar refractivity (Wildman–Crippen MR) is 73.2 cm³/mol. The van der Waals surface area contributed by atoms with Crippen LogP contribution in [0.3, 0.4) is 0 Å². The zero-order valence-corrected chi connectivity index (χ0v) is 12.4. The van der Waals surface area contributed by atoms with Crippen molar-refractivity contribution in [1.29, 1.82) is 0 Å². The van der Waals surface area contributed by atoms with Crippen molar-refractivity contribution in [2.45, 2.75) is 32.1 Å². The maximum absolute atomic E-state index is 10.6. The molecule has 0 amide bonds. The van der Waals surface area contributed by atoms with Gasteiger partial charge in [0.25, 0.3) is 0 Å². The Morgan fingerprint density at radius 1 is 1.50 bits per heavy atom. The predicted octanol–water partition coefficient (Wildman–Crippen LogP) is 2.33. The third kappa shape index (κ3) is 5.98. The first-order valence-electron chi connectivity index (χ1n) is 6.65. The number of aliphatic carboxylic acids is 1. The summed E-state index contributed by atoms with van der Waals surface area (Å²) >= 11 is 0. The smallest absolute Gasteiger partial charge is 0.475 e. The number of carbonyl (C=O) groups is 1. The number of hydrogen-bond donors (Lipinski definition) is 1. The minimum absolute atomic E-state index is 0.133. The molecule has 5 nitrogen and oxygen atoms in total. The summed E-state index contributed by atoms with van der Waals surface area (Å²) in [4.78, 5) is 15.5. The lowest BCUT2D eigenvalue weighted by atomic mass is 10.0. The summed E-state index contributed by atoms with van der Waals surface area (Å²) in [5.74, 6) is -2.76. The van der Waals surface area contributed by atoms with Gasteiger partial charge in [0.15, 0.2) is 0 Å². The first kappa shape index (κ1) is 18.4. The standard InChI is InChI=1S/C12H18N2O.C2HF3O2/c1-12(2)10-15-7-6-14(12)9-11-4-3-5-13-8-11;3-2(4,5)1(6)7/h3-5,8H,6-7,9-10H2,1-2H3;(H,6,7). The summed E-state index contributed by atoms with van der Waals surface area (Å²) < 4.78 is 37.2. The molecule has 0 atom stereocenters. The van der Waals surface area contributed by atoms with E-state index in [0.717, 1.165) is 26.3 Å². The number of ether oxygens (including phenoxy) is 1. The Labute approximate surface area is 126 Å². The van der Waals surface area contributed by atoms with Crippen LogP contribution in [0.5, 0.6) is 0 Å². The zero-order valence-electron chi connectivity index (χ0n) is 12.4. The molecule has 0 unspecified atom stereocenters. The molecular formula is C14H19F3N2O3. The second kappa shape index (κ2) is 7.55. The first-order valence-corrected chi connectivity index (χ1v) is 6.65. The Hall–Kier alpha value is -1.67. The molecule has 22 heavy (non-hydrogen) atoms. The number of pyridine rings is 1. The van der Waals surface area contributed by atoms with Gasteiger partial charge in [0.2, 0.25) is 0 Å². The zero-order chi connectivity index (χ0) is 16.8. The van der Waals surface area contributed by atoms with Gasteiger partial charge in [0, 0.05) is 31.0 Å². The van der Waals surface area contributed by atoms with Gasteiger partial charge in [-0.1, -0.05) is 6.07 Å². The summed E-state index contributed by atoms with van der Waals surface area (Å²) in [6, 6.07) is 4.11. The monoisotopic (exact) mass is 320 g/mol. The molecule has 1 fully saturated rings. The van der Waals surface area contributed by atoms with E-state index >= 15 is 0 Å². The van der Waals surface area contributed by atoms with Crippen molar-refractivity contribution in [2.75, 3.05) is 19.8 Å². The lowest BCUT2D eigenvalue weighted by Gasteiger charge is -2.42. The van der Waals surface area contributed by atoms with Crippen LogP contribution in [0.25, 0.3) is 0 Å². The van der Waals surface area contributed by atoms with Crippen LogP contribution in [-0.2, 0) is 16.1 Å². The molecule has 124 valence electrons. The number of nitrogens with zero attached hydrogens (tertiary/aromatic N) is 2. The van der Waals surface area contributed by atoms with Gasteiger partial charge in [0.05, 0.1) is 13.2 Å². The molecule has 2 rings (SSSR count). The molecule has 0 spiro atoms. The van der Waals surface area contributed by atoms with Gasteiger partial charge in [-0.25, -0.2) is 4.79 Å². The van der Waals surface area contributed by atoms with Crippen molar-refractivity contribution >= 4 is 5.97 Å². The van der Waals surface area contributed by atoms with Gasteiger partial charge in [-0.2, -0.15) is 13.2 Å². The number of rotatable bonds is 2. The van der Waals surface area contributed by atoms with Gasteiger partial charge >= 0.3 is 12.1 Å². The normalized spacial score (nSPS) is 18.2. The van der Waals surface area contributed by atoms with Crippen molar-refractivity contribution < 1.29 is 27.8 Å². The first-order chi connectivity index (χ1) is 10.1. The maximum atomic E-state index is 10.6. The largest absolute Gasteiger partial charge is 0.490 e. The molecule has 0 saturated carbocycles. The van der Waals surface area contributed by atoms with Gasteiger partial charge < -0.3 is 9.84 Å². The molecule has 0 aliphatic carbocycles. The highest BCUT2D eigenvalue weighted by Gasteiger charge is 2.38. The van der Waals surface area contributed by atoms with E-state index in [1.807, 2.05) is 18.5 Å². The van der Waals surface area contributed by atoms with Gasteiger partial charge in [-0.3, -0.25) is 9.88 Å². The Morgan fingerprint density at radius 2 is 2.14 bits per heavy atom. The Balaban J connectivity index is 0.000000295. The van der Waals surface area contributed by atoms with Crippen molar-refractivity contribution in [2.24, 2.45) is 0 Å². The van der Waals surface area contributed by atoms with E-state index in [0.29, 0.717) is 0 Å². The number of halogens is 3. The SMILES string of the molecule is CC1(C)COCCN1Cc1cccnc1.O=C(O)C(F)(F)F. The molecule has 8 heteroatoms. The fourth-order valence-electron chi connectivity index (χ4n) is 1.90. The van der Waals surface area contributed by atoms with E-state index in [1.54, 1.807) is 0 Å². The van der Waals surface area contributed by atoms with Crippen LogP contribution in [0.4, 0.5) is 13.2 Å². The Kier molecular flexibility index (Phi) is 6.31. The number of carboxylic acids is 1. The lowest BCUT2D eigenvalue weighted by molar-refractivity contribution is -0.192. The topological polar surface area (TPSA) is 62.7 Å². The summed E-state index contributed by atoms with van der Waals surface area (Å²) in [5.41, 5.74) is 1.40. The van der Waals surface area contributed by atoms with Crippen LogP contribution in [0.2, 0.25) is 0 Å². The van der Waals surface area contributed by atoms with E-state index in [-0.39, 0.29) is 5.54 Å². The molecule has 1 N–H and O–H groups in total. The molecule has 0 aromatic carbocycles. The van der Waals surface area contributed by atoms with Crippen LogP contribution in [-0.4, -0.2) is 52.4 Å². The number of morpholine rings is 1. The van der Waals surface area contributed by atoms with Crippen LogP contribution in [0, 0.1) is 0 Å². The molecule has 1 aliphatic rings. The number of alkyl halides is 3. The van der Waals surface area contributed by atoms with E-state index in [9.17, 15) is 13.2 Å². The second-order valence-corrected chi connectivity index (χ2v) is 5.45. The van der Waals surface area contributed by atoms with Gasteiger partial charge in [-0.15, -0.1) is 0 Å². The highest BCUT2D eigenvalue weighted by molar-refractivity contribution is 5.73. The molecule has 1 saturated heterocycles. The summed E-state index contributed by atoms with van der Waals surface area (Å²) in [6.07, 6.45) is -1.33. The van der Waals surface area contributed by atoms with E-state index in [1.165, 1.54) is 5.56 Å². The highest BCUT2D eigenvalue weighted by atomic mass is 19.4. The Morgan fingerprint density at radius 3 is 2.59 bits per heavy atom. The molecular weight excluding hydrogens is 301 g/mol. The van der Waals surface area contributed by atoms with Gasteiger partial charge in [0.1, 0.15) is 0 Å². The quantitative estimate of drug-likeness (QED) is 0.906. The Bertz CT molecular complexity index is 478. The number of hydrogen-bond acceptors (Lipinski definition) is 4. The second-order valence-electron chi connectivity index (χ2n) is 5.45.